The van der Waals surface area contributed by atoms with Crippen molar-refractivity contribution < 1.29 is 9.53 Å². The van der Waals surface area contributed by atoms with Crippen molar-refractivity contribution in [2.45, 2.75) is 50.8 Å². The summed E-state index contributed by atoms with van der Waals surface area (Å²) in [6.45, 7) is 8.39. The number of nitrogens with zero attached hydrogens (tertiary/aromatic N) is 1. The van der Waals surface area contributed by atoms with Crippen LogP contribution in [0.15, 0.2) is 54.6 Å². The molecule has 4 nitrogen and oxygen atoms in total. The molecule has 1 saturated heterocycles. The fraction of sp³-hybridized carbons (Fsp3) is 0.435. The van der Waals surface area contributed by atoms with Gasteiger partial charge in [0, 0.05) is 25.6 Å². The third-order valence-electron chi connectivity index (χ3n) is 5.55. The molecule has 0 spiro atoms. The van der Waals surface area contributed by atoms with Gasteiger partial charge in [-0.15, -0.1) is 0 Å². The van der Waals surface area contributed by atoms with E-state index in [4.69, 9.17) is 4.74 Å². The van der Waals surface area contributed by atoms with Crippen molar-refractivity contribution in [3.63, 3.8) is 0 Å². The van der Waals surface area contributed by atoms with E-state index in [1.54, 1.807) is 0 Å². The number of rotatable bonds is 3. The lowest BCUT2D eigenvalue weighted by Gasteiger charge is -2.32. The van der Waals surface area contributed by atoms with Crippen LogP contribution in [0.2, 0.25) is 0 Å². The summed E-state index contributed by atoms with van der Waals surface area (Å²) in [4.78, 5) is 15.1. The topological polar surface area (TPSA) is 41.6 Å². The zero-order valence-corrected chi connectivity index (χ0v) is 16.4. The molecule has 2 unspecified atom stereocenters. The van der Waals surface area contributed by atoms with Gasteiger partial charge in [-0.25, -0.2) is 4.79 Å². The van der Waals surface area contributed by atoms with E-state index >= 15 is 0 Å². The number of carbonyl (C=O) groups excluding carboxylic acids is 1. The molecule has 2 aromatic carbocycles. The average molecular weight is 364 g/mol. The molecule has 1 amide bonds. The van der Waals surface area contributed by atoms with Crippen molar-refractivity contribution in [1.82, 2.24) is 10.2 Å². The second-order valence-corrected chi connectivity index (χ2v) is 8.87. The summed E-state index contributed by atoms with van der Waals surface area (Å²) in [5.41, 5.74) is 3.23. The van der Waals surface area contributed by atoms with Gasteiger partial charge in [-0.1, -0.05) is 54.6 Å². The molecule has 4 heteroatoms. The molecule has 2 aromatic rings. The van der Waals surface area contributed by atoms with Crippen LogP contribution in [0.4, 0.5) is 4.79 Å². The van der Waals surface area contributed by atoms with Crippen LogP contribution in [0.3, 0.4) is 0 Å². The molecule has 1 N–H and O–H groups in total. The monoisotopic (exact) mass is 364 g/mol. The van der Waals surface area contributed by atoms with Crippen LogP contribution in [0.5, 0.6) is 0 Å². The van der Waals surface area contributed by atoms with Crippen LogP contribution in [0.1, 0.15) is 43.4 Å². The van der Waals surface area contributed by atoms with Crippen LogP contribution in [-0.4, -0.2) is 35.2 Å². The van der Waals surface area contributed by atoms with E-state index in [1.165, 1.54) is 16.7 Å². The molecule has 1 aliphatic carbocycles. The fourth-order valence-electron chi connectivity index (χ4n) is 4.60. The molecular formula is C23H28N2O2. The maximum Gasteiger partial charge on any atom is 0.408 e. The van der Waals surface area contributed by atoms with E-state index in [9.17, 15) is 4.79 Å². The number of ether oxygens (including phenoxy) is 1. The molecule has 1 fully saturated rings. The highest BCUT2D eigenvalue weighted by Crippen LogP contribution is 2.46. The van der Waals surface area contributed by atoms with Crippen molar-refractivity contribution in [2.24, 2.45) is 0 Å². The predicted octanol–water partition coefficient (Wildman–Crippen LogP) is 4.11. The van der Waals surface area contributed by atoms with Crippen LogP contribution in [0, 0.1) is 0 Å². The quantitative estimate of drug-likeness (QED) is 0.891. The lowest BCUT2D eigenvalue weighted by Crippen LogP contribution is -2.54. The molecule has 142 valence electrons. The van der Waals surface area contributed by atoms with Crippen molar-refractivity contribution in [3.05, 3.63) is 71.3 Å². The number of alkyl carbamates (subject to hydrolysis) is 1. The predicted molar refractivity (Wildman–Crippen MR) is 107 cm³/mol. The molecule has 1 heterocycles. The normalized spacial score (nSPS) is 24.3. The largest absolute Gasteiger partial charge is 0.444 e. The highest BCUT2D eigenvalue weighted by molar-refractivity contribution is 5.70. The van der Waals surface area contributed by atoms with Gasteiger partial charge in [0.1, 0.15) is 5.60 Å². The summed E-state index contributed by atoms with van der Waals surface area (Å²) in [7, 11) is 0. The first-order valence-electron chi connectivity index (χ1n) is 9.70. The minimum atomic E-state index is -0.496. The number of hydrogen-bond donors (Lipinski definition) is 1. The minimum Gasteiger partial charge on any atom is -0.444 e. The Bertz CT molecular complexity index is 828. The molecule has 0 radical (unpaired) electrons. The van der Waals surface area contributed by atoms with Crippen molar-refractivity contribution >= 4 is 6.09 Å². The summed E-state index contributed by atoms with van der Waals surface area (Å²) in [6, 6.07) is 19.1. The first-order valence-corrected chi connectivity index (χ1v) is 9.70. The summed E-state index contributed by atoms with van der Waals surface area (Å²) >= 11 is 0. The maximum absolute atomic E-state index is 12.6. The molecule has 0 bridgehead atoms. The Morgan fingerprint density at radius 1 is 1.15 bits per heavy atom. The highest BCUT2D eigenvalue weighted by atomic mass is 16.6. The number of hydrogen-bond acceptors (Lipinski definition) is 3. The van der Waals surface area contributed by atoms with Crippen molar-refractivity contribution in [2.75, 3.05) is 13.1 Å². The van der Waals surface area contributed by atoms with E-state index in [1.807, 2.05) is 26.8 Å². The second kappa shape index (κ2) is 6.68. The molecule has 0 aromatic heterocycles. The lowest BCUT2D eigenvalue weighted by molar-refractivity contribution is 0.0454. The standard InChI is InChI=1S/C23H28N2O2/c1-22(2,3)27-21(26)24-23-13-18-11-7-8-12-19(18)20(23)15-25(16-23)14-17-9-5-4-6-10-17/h4-12,20H,13-16H2,1-3H3,(H,24,26). The Balaban J connectivity index is 1.58. The number of likely N-dealkylation sites (tertiary alicyclic amines) is 1. The summed E-state index contributed by atoms with van der Waals surface area (Å²) in [5, 5.41) is 3.27. The van der Waals surface area contributed by atoms with E-state index < -0.39 is 5.60 Å². The van der Waals surface area contributed by atoms with Gasteiger partial charge in [0.25, 0.3) is 0 Å². The van der Waals surface area contributed by atoms with Gasteiger partial charge in [0.2, 0.25) is 0 Å². The maximum atomic E-state index is 12.6. The van der Waals surface area contributed by atoms with E-state index in [-0.39, 0.29) is 11.6 Å². The molecule has 27 heavy (non-hydrogen) atoms. The van der Waals surface area contributed by atoms with E-state index in [2.05, 4.69) is 58.7 Å². The lowest BCUT2D eigenvalue weighted by atomic mass is 9.88. The Morgan fingerprint density at radius 2 is 1.85 bits per heavy atom. The van der Waals surface area contributed by atoms with Gasteiger partial charge < -0.3 is 10.1 Å². The van der Waals surface area contributed by atoms with Crippen LogP contribution in [0.25, 0.3) is 0 Å². The minimum absolute atomic E-state index is 0.291. The Labute approximate surface area is 161 Å². The summed E-state index contributed by atoms with van der Waals surface area (Å²) < 4.78 is 5.59. The average Bonchev–Trinajstić information content (AvgIpc) is 3.05. The van der Waals surface area contributed by atoms with Crippen molar-refractivity contribution in [3.8, 4) is 0 Å². The van der Waals surface area contributed by atoms with E-state index in [0.29, 0.717) is 5.92 Å². The first kappa shape index (κ1) is 18.1. The van der Waals surface area contributed by atoms with Crippen LogP contribution < -0.4 is 5.32 Å². The molecule has 2 atom stereocenters. The highest BCUT2D eigenvalue weighted by Gasteiger charge is 2.53. The Kier molecular flexibility index (Phi) is 4.47. The van der Waals surface area contributed by atoms with Gasteiger partial charge >= 0.3 is 6.09 Å². The number of carbonyl (C=O) groups is 1. The van der Waals surface area contributed by atoms with Crippen LogP contribution >= 0.6 is 0 Å². The summed E-state index contributed by atoms with van der Waals surface area (Å²) in [5.74, 6) is 0.296. The number of amides is 1. The van der Waals surface area contributed by atoms with Gasteiger partial charge in [-0.3, -0.25) is 4.90 Å². The number of fused-ring (bicyclic) bond motifs is 3. The Hall–Kier alpha value is -2.33. The van der Waals surface area contributed by atoms with Gasteiger partial charge in [0.05, 0.1) is 5.54 Å². The molecular weight excluding hydrogens is 336 g/mol. The molecule has 4 rings (SSSR count). The van der Waals surface area contributed by atoms with E-state index in [0.717, 1.165) is 26.1 Å². The fourth-order valence-corrected chi connectivity index (χ4v) is 4.60. The van der Waals surface area contributed by atoms with Gasteiger partial charge in [0.15, 0.2) is 0 Å². The third kappa shape index (κ3) is 3.72. The van der Waals surface area contributed by atoms with Crippen molar-refractivity contribution in [1.29, 1.82) is 0 Å². The SMILES string of the molecule is CC(C)(C)OC(=O)NC12Cc3ccccc3C1CN(Cc1ccccc1)C2. The number of nitrogens with one attached hydrogen (secondary N) is 1. The van der Waals surface area contributed by atoms with Gasteiger partial charge in [-0.2, -0.15) is 0 Å². The second-order valence-electron chi connectivity index (χ2n) is 8.87. The third-order valence-corrected chi connectivity index (χ3v) is 5.55. The van der Waals surface area contributed by atoms with Crippen LogP contribution in [-0.2, 0) is 17.7 Å². The molecule has 1 aliphatic heterocycles. The van der Waals surface area contributed by atoms with Gasteiger partial charge in [-0.05, 0) is 43.9 Å². The number of benzene rings is 2. The molecule has 0 saturated carbocycles. The zero-order valence-electron chi connectivity index (χ0n) is 16.4. The first-order chi connectivity index (χ1) is 12.8. The summed E-state index contributed by atoms with van der Waals surface area (Å²) in [6.07, 6.45) is 0.542. The smallest absolute Gasteiger partial charge is 0.408 e. The zero-order chi connectivity index (χ0) is 19.1. The molecule has 2 aliphatic rings. The Morgan fingerprint density at radius 3 is 2.59 bits per heavy atom.